The number of rotatable bonds is 5. The van der Waals surface area contributed by atoms with Gasteiger partial charge in [-0.1, -0.05) is 18.2 Å². The van der Waals surface area contributed by atoms with Crippen LogP contribution in [-0.4, -0.2) is 18.0 Å². The van der Waals surface area contributed by atoms with E-state index in [2.05, 4.69) is 24.8 Å². The van der Waals surface area contributed by atoms with Gasteiger partial charge in [0, 0.05) is 42.5 Å². The summed E-state index contributed by atoms with van der Waals surface area (Å²) in [5.41, 5.74) is 8.88. The molecule has 7 nitrogen and oxygen atoms in total. The van der Waals surface area contributed by atoms with Crippen LogP contribution >= 0.6 is 0 Å². The number of non-ortho nitro benzene ring substituents is 1. The molecule has 0 radical (unpaired) electrons. The van der Waals surface area contributed by atoms with Gasteiger partial charge in [0.2, 0.25) is 5.88 Å². The third kappa shape index (κ3) is 3.29. The number of fused-ring (bicyclic) bond motifs is 1. The number of nitro benzene ring substituents is 1. The van der Waals surface area contributed by atoms with Crippen LogP contribution in [0, 0.1) is 21.4 Å². The quantitative estimate of drug-likeness (QED) is 0.641. The molecule has 0 aromatic heterocycles. The van der Waals surface area contributed by atoms with E-state index in [9.17, 15) is 15.4 Å². The van der Waals surface area contributed by atoms with E-state index in [1.807, 2.05) is 18.2 Å². The van der Waals surface area contributed by atoms with Crippen LogP contribution in [0.1, 0.15) is 30.9 Å². The lowest BCUT2D eigenvalue weighted by Crippen LogP contribution is -2.24. The Hall–Kier alpha value is -3.53. The lowest BCUT2D eigenvalue weighted by Gasteiger charge is -2.28. The van der Waals surface area contributed by atoms with E-state index in [0.717, 1.165) is 29.9 Å². The van der Waals surface area contributed by atoms with Gasteiger partial charge in [-0.15, -0.1) is 0 Å². The lowest BCUT2D eigenvalue weighted by atomic mass is 9.83. The summed E-state index contributed by atoms with van der Waals surface area (Å²) in [5, 5.41) is 20.5. The molecule has 1 aliphatic heterocycles. The first kappa shape index (κ1) is 18.3. The second-order valence-electron chi connectivity index (χ2n) is 6.17. The van der Waals surface area contributed by atoms with Gasteiger partial charge in [-0.3, -0.25) is 10.1 Å². The molecule has 0 bridgehead atoms. The molecule has 0 saturated heterocycles. The monoisotopic (exact) mass is 364 g/mol. The van der Waals surface area contributed by atoms with Crippen molar-refractivity contribution in [1.82, 2.24) is 0 Å². The minimum absolute atomic E-state index is 0.00151. The lowest BCUT2D eigenvalue weighted by molar-refractivity contribution is -0.384. The standard InChI is InChI=1S/C20H20N4O3/c1-3-23(4-2)15-9-10-16-18(11-15)27-20(22)17(12-21)19(16)13-5-7-14(8-6-13)24(25)26/h5-11,19H,3-4,22H2,1-2H3/t19-/m1/s1. The Morgan fingerprint density at radius 2 is 1.89 bits per heavy atom. The highest BCUT2D eigenvalue weighted by atomic mass is 16.6. The van der Waals surface area contributed by atoms with Gasteiger partial charge in [0.05, 0.1) is 10.8 Å². The number of ether oxygens (including phenoxy) is 1. The molecule has 0 fully saturated rings. The summed E-state index contributed by atoms with van der Waals surface area (Å²) < 4.78 is 5.73. The smallest absolute Gasteiger partial charge is 0.269 e. The van der Waals surface area contributed by atoms with Gasteiger partial charge < -0.3 is 15.4 Å². The zero-order valence-electron chi connectivity index (χ0n) is 15.2. The molecular weight excluding hydrogens is 344 g/mol. The Kier molecular flexibility index (Phi) is 4.99. The van der Waals surface area contributed by atoms with Crippen LogP contribution in [0.25, 0.3) is 0 Å². The van der Waals surface area contributed by atoms with Crippen molar-refractivity contribution in [3.05, 3.63) is 75.2 Å². The number of hydrogen-bond acceptors (Lipinski definition) is 6. The SMILES string of the molecule is CCN(CC)c1ccc2c(c1)OC(N)=C(C#N)[C@@H]2c1ccc([N+](=O)[O-])cc1. The average molecular weight is 364 g/mol. The zero-order chi connectivity index (χ0) is 19.6. The maximum atomic E-state index is 10.9. The normalized spacial score (nSPS) is 15.5. The second-order valence-corrected chi connectivity index (χ2v) is 6.17. The average Bonchev–Trinajstić information content (AvgIpc) is 2.67. The largest absolute Gasteiger partial charge is 0.440 e. The van der Waals surface area contributed by atoms with Crippen molar-refractivity contribution in [3.63, 3.8) is 0 Å². The molecule has 1 heterocycles. The first-order valence-corrected chi connectivity index (χ1v) is 8.70. The van der Waals surface area contributed by atoms with Gasteiger partial charge in [0.1, 0.15) is 17.4 Å². The van der Waals surface area contributed by atoms with Crippen LogP contribution in [0.5, 0.6) is 5.75 Å². The van der Waals surface area contributed by atoms with Crippen LogP contribution in [0.2, 0.25) is 0 Å². The summed E-state index contributed by atoms with van der Waals surface area (Å²) in [4.78, 5) is 12.7. The third-order valence-corrected chi connectivity index (χ3v) is 4.77. The van der Waals surface area contributed by atoms with E-state index < -0.39 is 10.8 Å². The topological polar surface area (TPSA) is 105 Å². The highest BCUT2D eigenvalue weighted by molar-refractivity contribution is 5.61. The predicted molar refractivity (Wildman–Crippen MR) is 102 cm³/mol. The number of nitrogens with two attached hydrogens (primary N) is 1. The van der Waals surface area contributed by atoms with E-state index in [1.165, 1.54) is 12.1 Å². The Labute approximate surface area is 157 Å². The van der Waals surface area contributed by atoms with Crippen molar-refractivity contribution < 1.29 is 9.66 Å². The first-order valence-electron chi connectivity index (χ1n) is 8.70. The molecule has 3 rings (SSSR count). The molecule has 0 saturated carbocycles. The Morgan fingerprint density at radius 3 is 2.44 bits per heavy atom. The van der Waals surface area contributed by atoms with Gasteiger partial charge >= 0.3 is 0 Å². The maximum absolute atomic E-state index is 10.9. The van der Waals surface area contributed by atoms with Crippen molar-refractivity contribution in [2.75, 3.05) is 18.0 Å². The highest BCUT2D eigenvalue weighted by Gasteiger charge is 2.31. The number of benzene rings is 2. The Morgan fingerprint density at radius 1 is 1.22 bits per heavy atom. The molecule has 0 spiro atoms. The molecule has 0 aliphatic carbocycles. The summed E-state index contributed by atoms with van der Waals surface area (Å²) in [5.74, 6) is 0.231. The van der Waals surface area contributed by atoms with E-state index >= 15 is 0 Å². The van der Waals surface area contributed by atoms with E-state index in [0.29, 0.717) is 11.3 Å². The van der Waals surface area contributed by atoms with Crippen LogP contribution in [0.4, 0.5) is 11.4 Å². The van der Waals surface area contributed by atoms with Crippen LogP contribution in [0.3, 0.4) is 0 Å². The van der Waals surface area contributed by atoms with E-state index in [-0.39, 0.29) is 11.6 Å². The molecule has 2 aromatic rings. The molecule has 0 unspecified atom stereocenters. The van der Waals surface area contributed by atoms with E-state index in [1.54, 1.807) is 12.1 Å². The van der Waals surface area contributed by atoms with Crippen molar-refractivity contribution >= 4 is 11.4 Å². The Bertz CT molecular complexity index is 941. The van der Waals surface area contributed by atoms with E-state index in [4.69, 9.17) is 10.5 Å². The number of allylic oxidation sites excluding steroid dienone is 1. The molecule has 2 N–H and O–H groups in total. The maximum Gasteiger partial charge on any atom is 0.269 e. The molecule has 27 heavy (non-hydrogen) atoms. The predicted octanol–water partition coefficient (Wildman–Crippen LogP) is 3.66. The van der Waals surface area contributed by atoms with Crippen LogP contribution < -0.4 is 15.4 Å². The minimum Gasteiger partial charge on any atom is -0.440 e. The summed E-state index contributed by atoms with van der Waals surface area (Å²) in [7, 11) is 0. The van der Waals surface area contributed by atoms with Crippen molar-refractivity contribution in [3.8, 4) is 11.8 Å². The van der Waals surface area contributed by atoms with Crippen molar-refractivity contribution in [2.24, 2.45) is 5.73 Å². The molecule has 1 atom stereocenters. The molecule has 138 valence electrons. The van der Waals surface area contributed by atoms with Crippen molar-refractivity contribution in [2.45, 2.75) is 19.8 Å². The highest BCUT2D eigenvalue weighted by Crippen LogP contribution is 2.43. The number of anilines is 1. The summed E-state index contributed by atoms with van der Waals surface area (Å²) in [6.45, 7) is 5.86. The van der Waals surface area contributed by atoms with Gasteiger partial charge in [0.15, 0.2) is 0 Å². The van der Waals surface area contributed by atoms with Gasteiger partial charge in [0.25, 0.3) is 5.69 Å². The molecule has 7 heteroatoms. The molecule has 2 aromatic carbocycles. The summed E-state index contributed by atoms with van der Waals surface area (Å²) in [6.07, 6.45) is 0. The fourth-order valence-corrected chi connectivity index (χ4v) is 3.36. The fourth-order valence-electron chi connectivity index (χ4n) is 3.36. The summed E-state index contributed by atoms with van der Waals surface area (Å²) in [6, 6.07) is 14.1. The number of hydrogen-bond donors (Lipinski definition) is 1. The zero-order valence-corrected chi connectivity index (χ0v) is 15.2. The van der Waals surface area contributed by atoms with Gasteiger partial charge in [-0.25, -0.2) is 0 Å². The molecule has 1 aliphatic rings. The number of nitrogens with zero attached hydrogens (tertiary/aromatic N) is 3. The Balaban J connectivity index is 2.10. The molecular formula is C20H20N4O3. The first-order chi connectivity index (χ1) is 13.0. The second kappa shape index (κ2) is 7.38. The van der Waals surface area contributed by atoms with Gasteiger partial charge in [-0.2, -0.15) is 5.26 Å². The van der Waals surface area contributed by atoms with Crippen molar-refractivity contribution in [1.29, 1.82) is 5.26 Å². The van der Waals surface area contributed by atoms with Crippen LogP contribution in [-0.2, 0) is 0 Å². The van der Waals surface area contributed by atoms with Gasteiger partial charge in [-0.05, 0) is 25.5 Å². The van der Waals surface area contributed by atoms with Crippen LogP contribution in [0.15, 0.2) is 53.9 Å². The third-order valence-electron chi connectivity index (χ3n) is 4.77. The number of nitro groups is 1. The number of nitriles is 1. The summed E-state index contributed by atoms with van der Waals surface area (Å²) >= 11 is 0. The minimum atomic E-state index is -0.451. The molecule has 0 amide bonds. The fraction of sp³-hybridized carbons (Fsp3) is 0.250.